The van der Waals surface area contributed by atoms with E-state index in [1.807, 2.05) is 19.9 Å². The van der Waals surface area contributed by atoms with Gasteiger partial charge in [-0.2, -0.15) is 4.98 Å². The fraction of sp³-hybridized carbons (Fsp3) is 0.577. The number of aromatic nitrogens is 3. The first-order valence-corrected chi connectivity index (χ1v) is 12.5. The van der Waals surface area contributed by atoms with Crippen LogP contribution in [0.4, 0.5) is 10.2 Å². The van der Waals surface area contributed by atoms with Crippen molar-refractivity contribution in [2.75, 3.05) is 24.7 Å². The molecule has 34 heavy (non-hydrogen) atoms. The summed E-state index contributed by atoms with van der Waals surface area (Å²) in [6, 6.07) is 4.84. The molecule has 8 heteroatoms. The van der Waals surface area contributed by atoms with E-state index in [1.165, 1.54) is 0 Å². The summed E-state index contributed by atoms with van der Waals surface area (Å²) in [5.74, 6) is 1.46. The highest BCUT2D eigenvalue weighted by Crippen LogP contribution is 2.39. The van der Waals surface area contributed by atoms with Gasteiger partial charge in [0.2, 0.25) is 0 Å². The fourth-order valence-corrected chi connectivity index (χ4v) is 5.42. The van der Waals surface area contributed by atoms with Gasteiger partial charge in [-0.3, -0.25) is 0 Å². The molecular weight excluding hydrogens is 433 g/mol. The summed E-state index contributed by atoms with van der Waals surface area (Å²) in [7, 11) is 0. The maximum absolute atomic E-state index is 15.2. The first-order chi connectivity index (χ1) is 16.4. The number of piperidine rings is 1. The highest BCUT2D eigenvalue weighted by molar-refractivity contribution is 5.93. The minimum Gasteiger partial charge on any atom is -0.381 e. The number of halogens is 1. The largest absolute Gasteiger partial charge is 0.381 e. The quantitative estimate of drug-likeness (QED) is 0.581. The summed E-state index contributed by atoms with van der Waals surface area (Å²) in [5, 5.41) is 8.67. The van der Waals surface area contributed by atoms with Gasteiger partial charge in [-0.05, 0) is 76.1 Å². The van der Waals surface area contributed by atoms with E-state index in [0.717, 1.165) is 79.8 Å². The van der Waals surface area contributed by atoms with Crippen LogP contribution in [-0.2, 0) is 11.2 Å². The van der Waals surface area contributed by atoms with Crippen molar-refractivity contribution in [2.24, 2.45) is 0 Å². The number of hydrogen-bond acceptors (Lipinski definition) is 7. The molecule has 2 saturated heterocycles. The van der Waals surface area contributed by atoms with E-state index in [-0.39, 0.29) is 11.9 Å². The van der Waals surface area contributed by atoms with Crippen LogP contribution in [-0.4, -0.2) is 53.0 Å². The number of anilines is 1. The van der Waals surface area contributed by atoms with Crippen molar-refractivity contribution >= 4 is 16.7 Å². The number of aryl methyl sites for hydroxylation is 3. The van der Waals surface area contributed by atoms with Crippen molar-refractivity contribution in [1.82, 2.24) is 20.4 Å². The standard InChI is InChI=1S/C26H34FN5O2/c1-5-18-13-21-16(3)23(26-28-17(4)31-34-26)25(30-24(21)22(27)14-18)32-9-6-20(12-15(32)2)29-19-7-10-33-11-8-19/h13-15,19-20,29H,5-12H2,1-4H3/t15-,20+/m0/s1. The fourth-order valence-electron chi connectivity index (χ4n) is 5.42. The molecule has 0 unspecified atom stereocenters. The van der Waals surface area contributed by atoms with E-state index in [1.54, 1.807) is 13.0 Å². The third-order valence-corrected chi connectivity index (χ3v) is 7.33. The Kier molecular flexibility index (Phi) is 6.53. The molecule has 2 fully saturated rings. The van der Waals surface area contributed by atoms with Gasteiger partial charge in [0.1, 0.15) is 17.2 Å². The molecule has 2 aromatic heterocycles. The lowest BCUT2D eigenvalue weighted by Crippen LogP contribution is -2.51. The molecule has 4 heterocycles. The molecular formula is C26H34FN5O2. The van der Waals surface area contributed by atoms with Crippen molar-refractivity contribution < 1.29 is 13.7 Å². The third kappa shape index (κ3) is 4.41. The number of nitrogens with zero attached hydrogens (tertiary/aromatic N) is 4. The van der Waals surface area contributed by atoms with Crippen LogP contribution in [0.15, 0.2) is 16.7 Å². The van der Waals surface area contributed by atoms with Crippen LogP contribution in [0, 0.1) is 19.7 Å². The van der Waals surface area contributed by atoms with Crippen LogP contribution in [0.5, 0.6) is 0 Å². The van der Waals surface area contributed by atoms with Crippen LogP contribution in [0.1, 0.15) is 56.5 Å². The Hall–Kier alpha value is -2.58. The number of fused-ring (bicyclic) bond motifs is 1. The minimum absolute atomic E-state index is 0.233. The van der Waals surface area contributed by atoms with E-state index in [9.17, 15) is 0 Å². The van der Waals surface area contributed by atoms with Crippen molar-refractivity contribution in [3.8, 4) is 11.5 Å². The molecule has 0 spiro atoms. The summed E-state index contributed by atoms with van der Waals surface area (Å²) in [6.07, 6.45) is 4.89. The molecule has 2 aliphatic heterocycles. The Morgan fingerprint density at radius 2 is 1.91 bits per heavy atom. The van der Waals surface area contributed by atoms with Gasteiger partial charge in [-0.1, -0.05) is 12.1 Å². The molecule has 0 radical (unpaired) electrons. The topological polar surface area (TPSA) is 76.3 Å². The zero-order chi connectivity index (χ0) is 23.8. The number of pyridine rings is 1. The molecule has 3 aromatic rings. The van der Waals surface area contributed by atoms with Crippen molar-refractivity contribution in [2.45, 2.75) is 77.9 Å². The highest BCUT2D eigenvalue weighted by Gasteiger charge is 2.32. The second-order valence-corrected chi connectivity index (χ2v) is 9.73. The van der Waals surface area contributed by atoms with Crippen LogP contribution in [0.3, 0.4) is 0 Å². The molecule has 182 valence electrons. The smallest absolute Gasteiger partial charge is 0.261 e. The summed E-state index contributed by atoms with van der Waals surface area (Å²) in [4.78, 5) is 11.7. The van der Waals surface area contributed by atoms with Crippen LogP contribution < -0.4 is 10.2 Å². The summed E-state index contributed by atoms with van der Waals surface area (Å²) in [5.41, 5.74) is 3.08. The second-order valence-electron chi connectivity index (χ2n) is 9.73. The highest BCUT2D eigenvalue weighted by atomic mass is 19.1. The minimum atomic E-state index is -0.282. The first-order valence-electron chi connectivity index (χ1n) is 12.5. The molecule has 1 aromatic carbocycles. The summed E-state index contributed by atoms with van der Waals surface area (Å²) < 4.78 is 26.3. The summed E-state index contributed by atoms with van der Waals surface area (Å²) in [6.45, 7) is 10.6. The normalized spacial score (nSPS) is 22.0. The number of hydrogen-bond donors (Lipinski definition) is 1. The van der Waals surface area contributed by atoms with Crippen molar-refractivity contribution in [3.63, 3.8) is 0 Å². The molecule has 2 atom stereocenters. The third-order valence-electron chi connectivity index (χ3n) is 7.33. The molecule has 0 amide bonds. The zero-order valence-corrected chi connectivity index (χ0v) is 20.5. The monoisotopic (exact) mass is 467 g/mol. The number of ether oxygens (including phenoxy) is 1. The summed E-state index contributed by atoms with van der Waals surface area (Å²) >= 11 is 0. The molecule has 5 rings (SSSR count). The maximum Gasteiger partial charge on any atom is 0.261 e. The molecule has 0 bridgehead atoms. The molecule has 0 saturated carbocycles. The van der Waals surface area contributed by atoms with E-state index in [4.69, 9.17) is 14.2 Å². The van der Waals surface area contributed by atoms with Gasteiger partial charge in [0.05, 0.1) is 5.56 Å². The average Bonchev–Trinajstić information content (AvgIpc) is 3.26. The Morgan fingerprint density at radius 3 is 2.59 bits per heavy atom. The van der Waals surface area contributed by atoms with Crippen LogP contribution >= 0.6 is 0 Å². The van der Waals surface area contributed by atoms with E-state index >= 15 is 4.39 Å². The molecule has 1 N–H and O–H groups in total. The predicted molar refractivity (Wildman–Crippen MR) is 131 cm³/mol. The van der Waals surface area contributed by atoms with Gasteiger partial charge in [0.25, 0.3) is 5.89 Å². The Labute approximate surface area is 200 Å². The van der Waals surface area contributed by atoms with Gasteiger partial charge in [-0.15, -0.1) is 0 Å². The molecule has 2 aliphatic rings. The van der Waals surface area contributed by atoms with Crippen LogP contribution in [0.25, 0.3) is 22.4 Å². The van der Waals surface area contributed by atoms with Crippen LogP contribution in [0.2, 0.25) is 0 Å². The van der Waals surface area contributed by atoms with E-state index in [2.05, 4.69) is 27.3 Å². The van der Waals surface area contributed by atoms with Gasteiger partial charge in [0.15, 0.2) is 5.82 Å². The SMILES string of the molecule is CCc1cc(F)c2nc(N3CC[C@@H](NC4CCOCC4)C[C@@H]3C)c(-c3nc(C)no3)c(C)c2c1. The number of benzene rings is 1. The molecule has 7 nitrogen and oxygen atoms in total. The van der Waals surface area contributed by atoms with Crippen molar-refractivity contribution in [1.29, 1.82) is 0 Å². The average molecular weight is 468 g/mol. The first kappa shape index (κ1) is 23.2. The van der Waals surface area contributed by atoms with Crippen molar-refractivity contribution in [3.05, 3.63) is 34.9 Å². The van der Waals surface area contributed by atoms with Gasteiger partial charge >= 0.3 is 0 Å². The second kappa shape index (κ2) is 9.58. The maximum atomic E-state index is 15.2. The van der Waals surface area contributed by atoms with Gasteiger partial charge < -0.3 is 19.5 Å². The lowest BCUT2D eigenvalue weighted by molar-refractivity contribution is 0.0733. The molecule has 0 aliphatic carbocycles. The van der Waals surface area contributed by atoms with E-state index in [0.29, 0.717) is 29.3 Å². The zero-order valence-electron chi connectivity index (χ0n) is 20.5. The number of nitrogens with one attached hydrogen (secondary N) is 1. The number of rotatable bonds is 5. The van der Waals surface area contributed by atoms with E-state index < -0.39 is 0 Å². The Bertz CT molecular complexity index is 1170. The Morgan fingerprint density at radius 1 is 1.12 bits per heavy atom. The predicted octanol–water partition coefficient (Wildman–Crippen LogP) is 4.73. The Balaban J connectivity index is 1.52. The van der Waals surface area contributed by atoms with Gasteiger partial charge in [-0.25, -0.2) is 9.37 Å². The lowest BCUT2D eigenvalue weighted by atomic mass is 9.94. The lowest BCUT2D eigenvalue weighted by Gasteiger charge is -2.41. The van der Waals surface area contributed by atoms with Gasteiger partial charge in [0, 0.05) is 43.3 Å².